The molecule has 2 heterocycles. The molecule has 114 heavy (non-hydrogen) atoms. The van der Waals surface area contributed by atoms with Crippen molar-refractivity contribution in [2.45, 2.75) is 0 Å². The molecule has 20 nitrogen and oxygen atoms in total. The number of hydrogen-bond donors (Lipinski definition) is 0. The number of nitrogens with zero attached hydrogens (tertiary/aromatic N) is 6. The van der Waals surface area contributed by atoms with E-state index >= 15 is 0 Å². The van der Waals surface area contributed by atoms with E-state index in [9.17, 15) is 70.0 Å². The van der Waals surface area contributed by atoms with Gasteiger partial charge in [-0.1, -0.05) is 326 Å². The van der Waals surface area contributed by atoms with Gasteiger partial charge in [-0.15, -0.1) is 0 Å². The summed E-state index contributed by atoms with van der Waals surface area (Å²) in [4.78, 5) is 84.2. The van der Waals surface area contributed by atoms with Crippen LogP contribution in [0.3, 0.4) is 0 Å². The minimum absolute atomic E-state index is 0. The number of hydrogen-bond acceptors (Lipinski definition) is 18. The second-order valence-corrected chi connectivity index (χ2v) is 23.6. The number of non-ortho nitro benzene ring substituents is 2. The Labute approximate surface area is 717 Å². The van der Waals surface area contributed by atoms with Gasteiger partial charge in [0.15, 0.2) is 23.1 Å². The molecule has 0 aliphatic carbocycles. The molecule has 12 aromatic carbocycles. The number of rotatable bonds is 18. The Morgan fingerprint density at radius 1 is 0.272 bits per heavy atom. The van der Waals surface area contributed by atoms with Gasteiger partial charge in [0.25, 0.3) is 11.4 Å². The van der Waals surface area contributed by atoms with Crippen LogP contribution in [0.2, 0.25) is 0 Å². The first-order valence-corrected chi connectivity index (χ1v) is 34.2. The van der Waals surface area contributed by atoms with Crippen molar-refractivity contribution in [3.63, 3.8) is 0 Å². The number of benzene rings is 12. The first-order chi connectivity index (χ1) is 54.3. The third-order valence-electron chi connectivity index (χ3n) is 15.7. The number of aromatic nitrogens is 2. The average Bonchev–Trinajstić information content (AvgIpc) is 0.823. The number of allylic oxidation sites excluding steroid dienone is 4. The molecule has 0 spiro atoms. The molecule has 0 bridgehead atoms. The zero-order valence-electron chi connectivity index (χ0n) is 60.0. The maximum atomic E-state index is 11.8. The van der Waals surface area contributed by atoms with Gasteiger partial charge in [0.1, 0.15) is 0 Å². The number of pyridine rings is 2. The third kappa shape index (κ3) is 28.2. The van der Waals surface area contributed by atoms with E-state index in [-0.39, 0.29) is 146 Å². The molecule has 0 saturated heterocycles. The molecule has 564 valence electrons. The number of ketones is 4. The van der Waals surface area contributed by atoms with Crippen LogP contribution in [-0.2, 0) is 0 Å². The van der Waals surface area contributed by atoms with E-state index < -0.39 is 9.85 Å². The van der Waals surface area contributed by atoms with Crippen molar-refractivity contribution in [2.75, 3.05) is 0 Å². The third-order valence-corrected chi connectivity index (χ3v) is 15.7. The summed E-state index contributed by atoms with van der Waals surface area (Å²) in [6, 6.07) is 98.9. The van der Waals surface area contributed by atoms with Crippen molar-refractivity contribution >= 4 is 103 Å². The summed E-state index contributed by atoms with van der Waals surface area (Å²) in [5.74, 6) is -2.39. The van der Waals surface area contributed by atoms with Crippen LogP contribution in [0, 0.1) is 97.5 Å². The molecule has 22 heteroatoms. The standard InChI is InChI=1S/2C16H11N3O3.4C15H12O2.2Tb/c2*20-15-3-1-2-11-4-5-13(18-16(11)15)10-17-12-6-8-14(9-7-12)19(21)22;4*16-14(12-7-3-1-4-8-12)11-15(17)13-9-5-2-6-10-13;;/h2*1-10,20H;4*1-11,16H;;/q;;;;;;2*+3/p-6/b;;4*14-11-;;. The Hall–Kier alpha value is -13.4. The molecule has 2 aromatic heterocycles. The zero-order chi connectivity index (χ0) is 79.4. The molecule has 0 N–H and O–H groups in total. The number of nitro groups is 2. The van der Waals surface area contributed by atoms with Crippen LogP contribution in [-0.4, -0.2) is 55.4 Å². The molecule has 0 aliphatic rings. The van der Waals surface area contributed by atoms with Crippen molar-refractivity contribution in [2.24, 2.45) is 9.98 Å². The van der Waals surface area contributed by atoms with Crippen molar-refractivity contribution < 1.29 is 137 Å². The van der Waals surface area contributed by atoms with Crippen LogP contribution in [0.25, 0.3) is 44.8 Å². The summed E-state index contributed by atoms with van der Waals surface area (Å²) < 4.78 is 0. The fraction of sp³-hybridized carbons (Fsp3) is 0. The van der Waals surface area contributed by atoms with E-state index in [1.807, 2.05) is 60.7 Å². The summed E-state index contributed by atoms with van der Waals surface area (Å²) in [6.07, 6.45) is 7.56. The molecule has 0 aliphatic heterocycles. The van der Waals surface area contributed by atoms with Crippen LogP contribution in [0.1, 0.15) is 75.1 Å². The number of nitro benzene ring substituents is 2. The molecule has 0 saturated carbocycles. The van der Waals surface area contributed by atoms with E-state index in [2.05, 4.69) is 20.0 Å². The van der Waals surface area contributed by atoms with Crippen LogP contribution < -0.4 is 30.6 Å². The van der Waals surface area contributed by atoms with Crippen molar-refractivity contribution in [3.8, 4) is 11.5 Å². The second-order valence-electron chi connectivity index (χ2n) is 23.6. The fourth-order valence-corrected chi connectivity index (χ4v) is 9.98. The monoisotopic (exact) mass is 1790 g/mol. The molecular formula is C92H64N6O14Tb2. The van der Waals surface area contributed by atoms with Crippen LogP contribution >= 0.6 is 0 Å². The topological polar surface area (TPSA) is 343 Å². The van der Waals surface area contributed by atoms with E-state index in [4.69, 9.17) is 0 Å². The van der Waals surface area contributed by atoms with E-state index in [1.165, 1.54) is 48.8 Å². The van der Waals surface area contributed by atoms with Crippen LogP contribution in [0.5, 0.6) is 11.5 Å². The normalized spacial score (nSPS) is 10.9. The first-order valence-electron chi connectivity index (χ1n) is 34.2. The predicted molar refractivity (Wildman–Crippen MR) is 424 cm³/mol. The quantitative estimate of drug-likeness (QED) is 0.0192. The van der Waals surface area contributed by atoms with E-state index in [0.717, 1.165) is 35.1 Å². The Kier molecular flexibility index (Phi) is 35.7. The van der Waals surface area contributed by atoms with Gasteiger partial charge >= 0.3 is 77.2 Å². The smallest absolute Gasteiger partial charge is 0.872 e. The number of fused-ring (bicyclic) bond motifs is 2. The molecular weight excluding hydrogens is 1730 g/mol. The molecule has 14 rings (SSSR count). The van der Waals surface area contributed by atoms with Gasteiger partial charge in [0.05, 0.1) is 56.1 Å². The largest absolute Gasteiger partial charge is 3.00 e. The SMILES string of the molecule is O=C(/C=C(\[O-])c1ccccc1)c1ccccc1.O=C(/C=C(\[O-])c1ccccc1)c1ccccc1.O=C(/C=C(\[O-])c1ccccc1)c1ccccc1.O=C(/C=C(\[O-])c1ccccc1)c1ccccc1.O=[N+]([O-])c1ccc(N=Cc2ccc3cccc([O-])c3n2)cc1.O=[N+]([O-])c1ccc(N=Cc2ccc3cccc([O-])c3n2)cc1.[Tb+3].[Tb+3]. The number of carbonyl (C=O) groups is 4. The molecule has 0 unspecified atom stereocenters. The maximum absolute atomic E-state index is 11.8. The van der Waals surface area contributed by atoms with E-state index in [1.54, 1.807) is 255 Å². The van der Waals surface area contributed by atoms with Gasteiger partial charge in [-0.2, -0.15) is 0 Å². The zero-order valence-corrected chi connectivity index (χ0v) is 64.3. The minimum atomic E-state index is -0.464. The van der Waals surface area contributed by atoms with Gasteiger partial charge in [0, 0.05) is 46.5 Å². The Morgan fingerprint density at radius 3 is 0.711 bits per heavy atom. The van der Waals surface area contributed by atoms with Crippen molar-refractivity contribution in [1.29, 1.82) is 0 Å². The Balaban J connectivity index is 0.000000190. The Morgan fingerprint density at radius 2 is 0.491 bits per heavy atom. The van der Waals surface area contributed by atoms with Crippen LogP contribution in [0.4, 0.5) is 22.7 Å². The number of para-hydroxylation sites is 2. The molecule has 0 atom stereocenters. The van der Waals surface area contributed by atoms with Gasteiger partial charge in [-0.25, -0.2) is 9.97 Å². The molecule has 0 fully saturated rings. The minimum Gasteiger partial charge on any atom is -0.872 e. The fourth-order valence-electron chi connectivity index (χ4n) is 9.98. The number of aliphatic imine (C=N–C) groups is 2. The summed E-state index contributed by atoms with van der Waals surface area (Å²) in [6.45, 7) is 0. The van der Waals surface area contributed by atoms with E-state index in [0.29, 0.717) is 78.3 Å². The average molecular weight is 1800 g/mol. The van der Waals surface area contributed by atoms with Crippen molar-refractivity contribution in [1.82, 2.24) is 9.97 Å². The Bertz CT molecular complexity index is 5140. The molecule has 0 radical (unpaired) electrons. The predicted octanol–water partition coefficient (Wildman–Crippen LogP) is 15.0. The van der Waals surface area contributed by atoms with Crippen molar-refractivity contribution in [3.05, 3.63) is 452 Å². The van der Waals surface area contributed by atoms with Gasteiger partial charge < -0.3 is 30.6 Å². The van der Waals surface area contributed by atoms with Gasteiger partial charge in [-0.3, -0.25) is 49.4 Å². The van der Waals surface area contributed by atoms with Gasteiger partial charge in [0.2, 0.25) is 0 Å². The summed E-state index contributed by atoms with van der Waals surface area (Å²) >= 11 is 0. The summed E-state index contributed by atoms with van der Waals surface area (Å²) in [5.41, 5.74) is 7.27. The maximum Gasteiger partial charge on any atom is 3.00 e. The second kappa shape index (κ2) is 46.3. The van der Waals surface area contributed by atoms with Gasteiger partial charge in [-0.05, 0) is 93.7 Å². The first kappa shape index (κ1) is 87.8. The summed E-state index contributed by atoms with van der Waals surface area (Å²) in [7, 11) is 0. The van der Waals surface area contributed by atoms with Crippen LogP contribution in [0.15, 0.2) is 386 Å². The summed E-state index contributed by atoms with van der Waals surface area (Å²) in [5, 5.41) is 93.2. The molecule has 0 amide bonds. The number of carbonyl (C=O) groups excluding carboxylic acids is 4. The molecule has 14 aromatic rings.